The maximum Gasteiger partial charge on any atom is 0.308 e. The van der Waals surface area contributed by atoms with Crippen molar-refractivity contribution in [3.8, 4) is 0 Å². The molecule has 0 radical (unpaired) electrons. The molecule has 4 heteroatoms. The average Bonchev–Trinajstić information content (AvgIpc) is 2.67. The molecule has 0 bridgehead atoms. The summed E-state index contributed by atoms with van der Waals surface area (Å²) in [5, 5.41) is 10.8. The molecule has 0 unspecified atom stereocenters. The lowest BCUT2D eigenvalue weighted by molar-refractivity contribution is -0.156. The number of ketones is 1. The number of cyclic esters (lactones) is 1. The molecule has 4 nitrogen and oxygen atoms in total. The Morgan fingerprint density at radius 1 is 0.966 bits per heavy atom. The van der Waals surface area contributed by atoms with Crippen LogP contribution in [0, 0.1) is 41.4 Å². The van der Waals surface area contributed by atoms with Crippen molar-refractivity contribution < 1.29 is 19.4 Å². The Balaban J connectivity index is 3.23. The minimum atomic E-state index is -0.806. The fourth-order valence-electron chi connectivity index (χ4n) is 4.76. The zero-order valence-corrected chi connectivity index (χ0v) is 20.1. The van der Waals surface area contributed by atoms with E-state index in [-0.39, 0.29) is 35.6 Å². The molecule has 1 N–H and O–H groups in total. The van der Waals surface area contributed by atoms with E-state index in [0.717, 1.165) is 18.4 Å². The van der Waals surface area contributed by atoms with Gasteiger partial charge in [-0.3, -0.25) is 9.59 Å². The van der Waals surface area contributed by atoms with Gasteiger partial charge in [-0.15, -0.1) is 0 Å². The van der Waals surface area contributed by atoms with Crippen LogP contribution in [0.15, 0.2) is 11.6 Å². The van der Waals surface area contributed by atoms with Gasteiger partial charge in [0.25, 0.3) is 0 Å². The number of rotatable bonds is 1. The minimum absolute atomic E-state index is 0.0187. The maximum absolute atomic E-state index is 13.0. The van der Waals surface area contributed by atoms with Crippen molar-refractivity contribution in [2.24, 2.45) is 41.4 Å². The fourth-order valence-corrected chi connectivity index (χ4v) is 4.76. The number of carbonyl (C=O) groups excluding carboxylic acids is 2. The van der Waals surface area contributed by atoms with Crippen molar-refractivity contribution in [3.05, 3.63) is 11.6 Å². The van der Waals surface area contributed by atoms with Crippen LogP contribution in [0.4, 0.5) is 0 Å². The predicted octanol–water partition coefficient (Wildman–Crippen LogP) is 5.43. The minimum Gasteiger partial charge on any atom is -0.462 e. The lowest BCUT2D eigenvalue weighted by Crippen LogP contribution is -2.34. The number of carbonyl (C=O) groups is 2. The molecular weight excluding hydrogens is 364 g/mol. The third-order valence-corrected chi connectivity index (χ3v) is 7.30. The number of Topliss-reactive ketones (excluding diaryl/α,β-unsaturated/α-hetero) is 1. The molecule has 0 saturated carbocycles. The monoisotopic (exact) mass is 408 g/mol. The van der Waals surface area contributed by atoms with Gasteiger partial charge in [-0.2, -0.15) is 0 Å². The van der Waals surface area contributed by atoms with Crippen LogP contribution in [0.3, 0.4) is 0 Å². The van der Waals surface area contributed by atoms with Crippen LogP contribution in [-0.4, -0.2) is 29.1 Å². The van der Waals surface area contributed by atoms with E-state index < -0.39 is 12.0 Å². The molecule has 29 heavy (non-hydrogen) atoms. The molecule has 1 aliphatic rings. The second kappa shape index (κ2) is 11.3. The van der Waals surface area contributed by atoms with E-state index in [4.69, 9.17) is 4.74 Å². The molecule has 0 aromatic carbocycles. The van der Waals surface area contributed by atoms with Gasteiger partial charge in [0.05, 0.1) is 12.0 Å². The summed E-state index contributed by atoms with van der Waals surface area (Å²) in [6.45, 7) is 18.2. The molecule has 0 fully saturated rings. The van der Waals surface area contributed by atoms with Crippen molar-refractivity contribution in [1.82, 2.24) is 0 Å². The molecule has 9 atom stereocenters. The molecule has 0 amide bonds. The van der Waals surface area contributed by atoms with Gasteiger partial charge in [0.1, 0.15) is 11.9 Å². The Morgan fingerprint density at radius 2 is 1.48 bits per heavy atom. The van der Waals surface area contributed by atoms with E-state index in [9.17, 15) is 14.7 Å². The van der Waals surface area contributed by atoms with Crippen LogP contribution in [0.5, 0.6) is 0 Å². The van der Waals surface area contributed by atoms with Crippen LogP contribution in [0.1, 0.15) is 81.6 Å². The highest BCUT2D eigenvalue weighted by Crippen LogP contribution is 2.32. The molecule has 0 aromatic rings. The first-order valence-corrected chi connectivity index (χ1v) is 11.5. The Morgan fingerprint density at radius 3 is 2.00 bits per heavy atom. The molecule has 1 aliphatic heterocycles. The zero-order valence-electron chi connectivity index (χ0n) is 20.1. The van der Waals surface area contributed by atoms with E-state index in [2.05, 4.69) is 20.8 Å². The van der Waals surface area contributed by atoms with E-state index in [1.54, 1.807) is 0 Å². The van der Waals surface area contributed by atoms with Crippen LogP contribution < -0.4 is 0 Å². The Labute approximate surface area is 178 Å². The maximum atomic E-state index is 13.0. The summed E-state index contributed by atoms with van der Waals surface area (Å²) in [5.41, 5.74) is 0.773. The third-order valence-electron chi connectivity index (χ3n) is 7.30. The summed E-state index contributed by atoms with van der Waals surface area (Å²) < 4.78 is 5.85. The molecule has 0 spiro atoms. The average molecular weight is 409 g/mol. The molecule has 0 saturated heterocycles. The second-order valence-electron chi connectivity index (χ2n) is 9.88. The summed E-state index contributed by atoms with van der Waals surface area (Å²) in [6, 6.07) is 0. The normalized spacial score (nSPS) is 43.4. The standard InChI is InChI=1S/C25H44O4/c1-10-22-16(4)13-18(6)24(27)21(9)23(26)17(5)11-14(2)20(8)15(3)12-19(7)25(28)29-22/h13-17,19-22,24,27H,10-12H2,1-9H3/b18-13+/t14-,15-,16-,17+,19+,20-,21-,22+,24-/m0/s1. The molecule has 168 valence electrons. The van der Waals surface area contributed by atoms with E-state index >= 15 is 0 Å². The van der Waals surface area contributed by atoms with Crippen LogP contribution in [0.2, 0.25) is 0 Å². The van der Waals surface area contributed by atoms with Crippen LogP contribution in [-0.2, 0) is 14.3 Å². The van der Waals surface area contributed by atoms with Crippen molar-refractivity contribution in [3.63, 3.8) is 0 Å². The number of aliphatic hydroxyl groups excluding tert-OH is 1. The van der Waals surface area contributed by atoms with Crippen molar-refractivity contribution in [1.29, 1.82) is 0 Å². The quantitative estimate of drug-likeness (QED) is 0.464. The molecular formula is C25H44O4. The van der Waals surface area contributed by atoms with Gasteiger partial charge in [0.15, 0.2) is 0 Å². The van der Waals surface area contributed by atoms with Gasteiger partial charge in [-0.1, -0.05) is 61.5 Å². The Bertz CT molecular complexity index is 581. The van der Waals surface area contributed by atoms with Crippen LogP contribution in [0.25, 0.3) is 0 Å². The van der Waals surface area contributed by atoms with Gasteiger partial charge in [-0.05, 0) is 49.5 Å². The molecule has 0 aliphatic carbocycles. The van der Waals surface area contributed by atoms with Gasteiger partial charge in [-0.25, -0.2) is 0 Å². The number of ether oxygens (including phenoxy) is 1. The molecule has 0 aromatic heterocycles. The summed E-state index contributed by atoms with van der Waals surface area (Å²) in [6.07, 6.45) is 3.24. The largest absolute Gasteiger partial charge is 0.462 e. The van der Waals surface area contributed by atoms with E-state index in [1.807, 2.05) is 47.6 Å². The first-order chi connectivity index (χ1) is 13.4. The van der Waals surface area contributed by atoms with E-state index in [0.29, 0.717) is 24.2 Å². The van der Waals surface area contributed by atoms with Gasteiger partial charge in [0.2, 0.25) is 0 Å². The van der Waals surface area contributed by atoms with Crippen LogP contribution >= 0.6 is 0 Å². The smallest absolute Gasteiger partial charge is 0.308 e. The van der Waals surface area contributed by atoms with Gasteiger partial charge >= 0.3 is 5.97 Å². The van der Waals surface area contributed by atoms with Crippen molar-refractivity contribution >= 4 is 11.8 Å². The Kier molecular flexibility index (Phi) is 10.1. The summed E-state index contributed by atoms with van der Waals surface area (Å²) in [7, 11) is 0. The highest BCUT2D eigenvalue weighted by atomic mass is 16.5. The van der Waals surface area contributed by atoms with E-state index in [1.165, 1.54) is 0 Å². The van der Waals surface area contributed by atoms with Gasteiger partial charge in [0, 0.05) is 17.8 Å². The number of aliphatic hydroxyl groups is 1. The molecule has 1 heterocycles. The highest BCUT2D eigenvalue weighted by Gasteiger charge is 2.32. The second-order valence-corrected chi connectivity index (χ2v) is 9.88. The number of hydrogen-bond acceptors (Lipinski definition) is 4. The first-order valence-electron chi connectivity index (χ1n) is 11.5. The SMILES string of the molecule is CC[C@H]1OC(=O)[C@H](C)C[C@H](C)[C@@H](C)[C@@H](C)C[C@@H](C)C(=O)[C@H](C)[C@@H](O)/C(C)=C/[C@@H]1C. The number of esters is 1. The zero-order chi connectivity index (χ0) is 22.5. The Hall–Kier alpha value is -1.16. The number of hydrogen-bond donors (Lipinski definition) is 1. The third kappa shape index (κ3) is 6.94. The van der Waals surface area contributed by atoms with Gasteiger partial charge < -0.3 is 9.84 Å². The summed E-state index contributed by atoms with van der Waals surface area (Å²) in [4.78, 5) is 25.7. The lowest BCUT2D eigenvalue weighted by atomic mass is 9.75. The molecule has 1 rings (SSSR count). The lowest BCUT2D eigenvalue weighted by Gasteiger charge is -2.31. The topological polar surface area (TPSA) is 63.6 Å². The fraction of sp³-hybridized carbons (Fsp3) is 0.840. The van der Waals surface area contributed by atoms with Crippen molar-refractivity contribution in [2.75, 3.05) is 0 Å². The van der Waals surface area contributed by atoms with Crippen molar-refractivity contribution in [2.45, 2.75) is 93.8 Å². The predicted molar refractivity (Wildman–Crippen MR) is 118 cm³/mol. The highest BCUT2D eigenvalue weighted by molar-refractivity contribution is 5.83. The summed E-state index contributed by atoms with van der Waals surface area (Å²) in [5.74, 6) is 0.427. The summed E-state index contributed by atoms with van der Waals surface area (Å²) >= 11 is 0. The first kappa shape index (κ1) is 25.9.